The third-order valence-electron chi connectivity index (χ3n) is 9.05. The lowest BCUT2D eigenvalue weighted by atomic mass is 9.89. The molecular weight excluding hydrogens is 616 g/mol. The molecule has 1 heterocycles. The Morgan fingerprint density at radius 1 is 0.889 bits per heavy atom. The number of alkyl halides is 5. The van der Waals surface area contributed by atoms with Crippen LogP contribution in [0.15, 0.2) is 42.5 Å². The van der Waals surface area contributed by atoms with Gasteiger partial charge in [0.15, 0.2) is 0 Å². The minimum Gasteiger partial charge on any atom is -0.508 e. The first kappa shape index (κ1) is 35.3. The van der Waals surface area contributed by atoms with Crippen molar-refractivity contribution in [3.8, 4) is 5.75 Å². The number of likely N-dealkylation sites (tertiary alicyclic amines) is 1. The summed E-state index contributed by atoms with van der Waals surface area (Å²) in [6.07, 6.45) is 1.36. The Hall–Kier alpha value is -2.53. The van der Waals surface area contributed by atoms with E-state index < -0.39 is 40.5 Å². The van der Waals surface area contributed by atoms with Gasteiger partial charge >= 0.3 is 12.1 Å². The SMILES string of the molecule is O=S(=O)(CCC[C@@H]1CCCN1CCCCCC1=C(c2cccc(F)c2)CCCc2cc(O)ccc21)CCCC(F)(F)C(F)(F)F. The Morgan fingerprint density at radius 3 is 2.42 bits per heavy atom. The van der Waals surface area contributed by atoms with Crippen molar-refractivity contribution < 1.29 is 39.9 Å². The van der Waals surface area contributed by atoms with Gasteiger partial charge in [-0.15, -0.1) is 0 Å². The summed E-state index contributed by atoms with van der Waals surface area (Å²) in [4.78, 5) is 2.37. The maximum atomic E-state index is 14.1. The summed E-state index contributed by atoms with van der Waals surface area (Å²) in [6.45, 7) is 1.81. The number of hydrogen-bond donors (Lipinski definition) is 1. The van der Waals surface area contributed by atoms with E-state index >= 15 is 0 Å². The van der Waals surface area contributed by atoms with Crippen molar-refractivity contribution in [3.63, 3.8) is 0 Å². The van der Waals surface area contributed by atoms with Crippen molar-refractivity contribution in [2.45, 2.75) is 102 Å². The van der Waals surface area contributed by atoms with Crippen LogP contribution in [0.2, 0.25) is 0 Å². The molecule has 11 heteroatoms. The number of halogens is 6. The van der Waals surface area contributed by atoms with Gasteiger partial charge in [-0.1, -0.05) is 24.6 Å². The molecule has 1 atom stereocenters. The number of aromatic hydroxyl groups is 1. The zero-order valence-electron chi connectivity index (χ0n) is 25.5. The Kier molecular flexibility index (Phi) is 12.1. The van der Waals surface area contributed by atoms with E-state index in [0.29, 0.717) is 12.8 Å². The number of aryl methyl sites for hydroxylation is 1. The first-order chi connectivity index (χ1) is 21.3. The molecule has 4 nitrogen and oxygen atoms in total. The van der Waals surface area contributed by atoms with Crippen molar-refractivity contribution in [2.75, 3.05) is 24.6 Å². The van der Waals surface area contributed by atoms with Gasteiger partial charge in [-0.2, -0.15) is 22.0 Å². The predicted octanol–water partition coefficient (Wildman–Crippen LogP) is 8.98. The van der Waals surface area contributed by atoms with E-state index in [-0.39, 0.29) is 23.4 Å². The number of allylic oxidation sites excluding steroid dienone is 2. The summed E-state index contributed by atoms with van der Waals surface area (Å²) in [5, 5.41) is 10.1. The Balaban J connectivity index is 1.26. The molecule has 45 heavy (non-hydrogen) atoms. The monoisotopic (exact) mass is 659 g/mol. The van der Waals surface area contributed by atoms with Gasteiger partial charge in [0, 0.05) is 12.5 Å². The molecule has 0 spiro atoms. The van der Waals surface area contributed by atoms with E-state index in [0.717, 1.165) is 93.1 Å². The first-order valence-corrected chi connectivity index (χ1v) is 17.8. The number of benzene rings is 2. The van der Waals surface area contributed by atoms with Crippen LogP contribution in [0.5, 0.6) is 5.75 Å². The molecule has 1 fully saturated rings. The van der Waals surface area contributed by atoms with Crippen molar-refractivity contribution in [1.82, 2.24) is 4.90 Å². The molecule has 0 amide bonds. The maximum Gasteiger partial charge on any atom is 0.453 e. The minimum atomic E-state index is -5.67. The standard InChI is InChI=1S/C34H43F6NO3S/c35-27-11-4-9-25(23-27)30-15-5-10-26-24-29(42)16-17-31(26)32(30)14-2-1-3-19-41-20-6-12-28(41)13-7-21-45(43,44)22-8-18-33(36,37)34(38,39)40/h4,9,11,16-17,23-24,28,42H,1-3,5-8,10,12-15,18-22H2/t28-/m0/s1. The van der Waals surface area contributed by atoms with E-state index in [9.17, 15) is 39.9 Å². The third-order valence-corrected chi connectivity index (χ3v) is 10.9. The Bertz CT molecular complexity index is 1420. The lowest BCUT2D eigenvalue weighted by Crippen LogP contribution is -2.36. The molecule has 0 aromatic heterocycles. The lowest BCUT2D eigenvalue weighted by Gasteiger charge is -2.24. The zero-order valence-corrected chi connectivity index (χ0v) is 26.3. The number of fused-ring (bicyclic) bond motifs is 1. The zero-order chi connectivity index (χ0) is 32.7. The molecule has 1 saturated heterocycles. The normalized spacial score (nSPS) is 18.3. The molecule has 1 aliphatic carbocycles. The first-order valence-electron chi connectivity index (χ1n) is 15.9. The van der Waals surface area contributed by atoms with Gasteiger partial charge in [0.1, 0.15) is 21.4 Å². The van der Waals surface area contributed by atoms with Gasteiger partial charge in [0.25, 0.3) is 0 Å². The molecule has 1 N–H and O–H groups in total. The number of hydrogen-bond acceptors (Lipinski definition) is 4. The topological polar surface area (TPSA) is 57.6 Å². The van der Waals surface area contributed by atoms with Crippen LogP contribution in [-0.2, 0) is 16.3 Å². The second-order valence-corrected chi connectivity index (χ2v) is 14.7. The highest BCUT2D eigenvalue weighted by atomic mass is 32.2. The van der Waals surface area contributed by atoms with Crippen LogP contribution in [0.1, 0.15) is 93.7 Å². The average molecular weight is 660 g/mol. The van der Waals surface area contributed by atoms with Crippen LogP contribution in [0.4, 0.5) is 26.3 Å². The molecule has 0 bridgehead atoms. The second-order valence-electron chi connectivity index (χ2n) is 12.4. The van der Waals surface area contributed by atoms with Crippen LogP contribution in [0.3, 0.4) is 0 Å². The van der Waals surface area contributed by atoms with Crippen LogP contribution in [0, 0.1) is 5.82 Å². The van der Waals surface area contributed by atoms with E-state index in [2.05, 4.69) is 4.90 Å². The molecule has 2 aromatic rings. The van der Waals surface area contributed by atoms with E-state index in [1.54, 1.807) is 18.2 Å². The van der Waals surface area contributed by atoms with E-state index in [1.165, 1.54) is 11.6 Å². The van der Waals surface area contributed by atoms with E-state index in [4.69, 9.17) is 0 Å². The molecule has 2 aromatic carbocycles. The van der Waals surface area contributed by atoms with Gasteiger partial charge in [0.2, 0.25) is 0 Å². The summed E-state index contributed by atoms with van der Waals surface area (Å²) in [7, 11) is -3.71. The summed E-state index contributed by atoms with van der Waals surface area (Å²) in [5.41, 5.74) is 5.48. The van der Waals surface area contributed by atoms with E-state index in [1.807, 2.05) is 18.2 Å². The number of nitrogens with zero attached hydrogens (tertiary/aromatic N) is 1. The van der Waals surface area contributed by atoms with Crippen molar-refractivity contribution >= 4 is 21.0 Å². The number of phenols is 1. The Morgan fingerprint density at radius 2 is 1.67 bits per heavy atom. The van der Waals surface area contributed by atoms with Gasteiger partial charge < -0.3 is 10.0 Å². The maximum absolute atomic E-state index is 14.1. The lowest BCUT2D eigenvalue weighted by molar-refractivity contribution is -0.284. The van der Waals surface area contributed by atoms with Crippen LogP contribution in [0.25, 0.3) is 11.1 Å². The highest BCUT2D eigenvalue weighted by Crippen LogP contribution is 2.40. The predicted molar refractivity (Wildman–Crippen MR) is 165 cm³/mol. The van der Waals surface area contributed by atoms with Crippen molar-refractivity contribution in [3.05, 3.63) is 65.0 Å². The van der Waals surface area contributed by atoms with Crippen LogP contribution < -0.4 is 0 Å². The Labute approximate surface area is 262 Å². The van der Waals surface area contributed by atoms with Crippen LogP contribution in [-0.4, -0.2) is 61.2 Å². The smallest absolute Gasteiger partial charge is 0.453 e. The minimum absolute atomic E-state index is 0.211. The number of phenolic OH excluding ortho intramolecular Hbond substituents is 1. The number of unbranched alkanes of at least 4 members (excludes halogenated alkanes) is 2. The molecule has 4 rings (SSSR count). The number of rotatable bonds is 15. The van der Waals surface area contributed by atoms with Gasteiger partial charge in [-0.05, 0) is 136 Å². The fraction of sp³-hybridized carbons (Fsp3) is 0.588. The highest BCUT2D eigenvalue weighted by Gasteiger charge is 2.56. The quantitative estimate of drug-likeness (QED) is 0.153. The fourth-order valence-corrected chi connectivity index (χ4v) is 8.13. The van der Waals surface area contributed by atoms with Crippen LogP contribution >= 0.6 is 0 Å². The molecule has 0 saturated carbocycles. The highest BCUT2D eigenvalue weighted by molar-refractivity contribution is 7.91. The molecule has 0 radical (unpaired) electrons. The third kappa shape index (κ3) is 9.98. The summed E-state index contributed by atoms with van der Waals surface area (Å²) in [5.74, 6) is -5.78. The molecule has 0 unspecified atom stereocenters. The van der Waals surface area contributed by atoms with Gasteiger partial charge in [0.05, 0.1) is 11.5 Å². The molecular formula is C34H43F6NO3S. The second kappa shape index (κ2) is 15.4. The summed E-state index contributed by atoms with van der Waals surface area (Å²) in [6, 6.07) is 12.5. The summed E-state index contributed by atoms with van der Waals surface area (Å²) < 4.78 is 102. The fourth-order valence-electron chi connectivity index (χ4n) is 6.74. The van der Waals surface area contributed by atoms with Gasteiger partial charge in [-0.25, -0.2) is 12.8 Å². The summed E-state index contributed by atoms with van der Waals surface area (Å²) >= 11 is 0. The van der Waals surface area contributed by atoms with Gasteiger partial charge in [-0.3, -0.25) is 0 Å². The number of sulfone groups is 1. The largest absolute Gasteiger partial charge is 0.508 e. The molecule has 2 aliphatic rings. The average Bonchev–Trinajstić information content (AvgIpc) is 3.31. The van der Waals surface area contributed by atoms with Crippen molar-refractivity contribution in [1.29, 1.82) is 0 Å². The molecule has 250 valence electrons. The van der Waals surface area contributed by atoms with Crippen molar-refractivity contribution in [2.24, 2.45) is 0 Å². The molecule has 1 aliphatic heterocycles.